The van der Waals surface area contributed by atoms with Crippen molar-refractivity contribution in [2.75, 3.05) is 13.1 Å². The molecular weight excluding hydrogens is 338 g/mol. The zero-order valence-corrected chi connectivity index (χ0v) is 14.4. The van der Waals surface area contributed by atoms with Gasteiger partial charge in [0, 0.05) is 25.7 Å². The molecular formula is C18H18ClN5O. The number of nitriles is 1. The third-order valence-electron chi connectivity index (χ3n) is 4.28. The predicted octanol–water partition coefficient (Wildman–Crippen LogP) is 2.40. The molecule has 2 aromatic rings. The molecule has 128 valence electrons. The monoisotopic (exact) mass is 355 g/mol. The van der Waals surface area contributed by atoms with Gasteiger partial charge in [0.05, 0.1) is 11.6 Å². The molecule has 3 rings (SSSR count). The summed E-state index contributed by atoms with van der Waals surface area (Å²) >= 11 is 5.68. The molecule has 2 heterocycles. The highest BCUT2D eigenvalue weighted by Crippen LogP contribution is 2.15. The van der Waals surface area contributed by atoms with Gasteiger partial charge in [0.1, 0.15) is 0 Å². The van der Waals surface area contributed by atoms with E-state index in [1.165, 1.54) is 5.56 Å². The van der Waals surface area contributed by atoms with Crippen LogP contribution in [0.3, 0.4) is 0 Å². The van der Waals surface area contributed by atoms with Crippen molar-refractivity contribution in [3.05, 3.63) is 58.4 Å². The minimum absolute atomic E-state index is 0.141. The highest BCUT2D eigenvalue weighted by Gasteiger charge is 2.21. The Balaban J connectivity index is 1.47. The van der Waals surface area contributed by atoms with Gasteiger partial charge in [0.25, 0.3) is 5.91 Å². The Kier molecular flexibility index (Phi) is 5.59. The van der Waals surface area contributed by atoms with Crippen molar-refractivity contribution < 1.29 is 4.79 Å². The smallest absolute Gasteiger partial charge is 0.272 e. The molecule has 6 nitrogen and oxygen atoms in total. The highest BCUT2D eigenvalue weighted by molar-refractivity contribution is 6.29. The van der Waals surface area contributed by atoms with Gasteiger partial charge < -0.3 is 5.32 Å². The van der Waals surface area contributed by atoms with Gasteiger partial charge in [-0.05, 0) is 42.7 Å². The molecule has 0 atom stereocenters. The number of carbonyl (C=O) groups is 1. The molecule has 1 N–H and O–H groups in total. The molecule has 0 saturated carbocycles. The van der Waals surface area contributed by atoms with E-state index in [0.717, 1.165) is 32.5 Å². The summed E-state index contributed by atoms with van der Waals surface area (Å²) in [5.74, 6) is -0.213. The molecule has 1 aliphatic heterocycles. The van der Waals surface area contributed by atoms with Gasteiger partial charge in [-0.25, -0.2) is 0 Å². The number of halogens is 1. The minimum Gasteiger partial charge on any atom is -0.348 e. The van der Waals surface area contributed by atoms with Gasteiger partial charge >= 0.3 is 0 Å². The van der Waals surface area contributed by atoms with Crippen LogP contribution in [0.25, 0.3) is 0 Å². The Labute approximate surface area is 151 Å². The zero-order valence-electron chi connectivity index (χ0n) is 13.7. The summed E-state index contributed by atoms with van der Waals surface area (Å²) in [5, 5.41) is 19.6. The van der Waals surface area contributed by atoms with E-state index in [1.807, 2.05) is 24.3 Å². The van der Waals surface area contributed by atoms with Crippen LogP contribution in [0.15, 0.2) is 36.4 Å². The van der Waals surface area contributed by atoms with E-state index in [-0.39, 0.29) is 22.8 Å². The number of piperidine rings is 1. The molecule has 1 aromatic heterocycles. The zero-order chi connectivity index (χ0) is 17.6. The van der Waals surface area contributed by atoms with Gasteiger partial charge in [0.2, 0.25) is 0 Å². The number of aromatic nitrogens is 2. The largest absolute Gasteiger partial charge is 0.348 e. The van der Waals surface area contributed by atoms with Crippen molar-refractivity contribution in [1.82, 2.24) is 20.4 Å². The van der Waals surface area contributed by atoms with Crippen LogP contribution in [0.5, 0.6) is 0 Å². The first kappa shape index (κ1) is 17.3. The number of rotatable bonds is 4. The summed E-state index contributed by atoms with van der Waals surface area (Å²) in [6.07, 6.45) is 1.78. The predicted molar refractivity (Wildman–Crippen MR) is 94.0 cm³/mol. The molecule has 1 amide bonds. The summed E-state index contributed by atoms with van der Waals surface area (Å²) < 4.78 is 0. The summed E-state index contributed by atoms with van der Waals surface area (Å²) in [6.45, 7) is 2.68. The van der Waals surface area contributed by atoms with Crippen LogP contribution < -0.4 is 5.32 Å². The number of hydrogen-bond donors (Lipinski definition) is 1. The van der Waals surface area contributed by atoms with Crippen molar-refractivity contribution in [3.8, 4) is 6.07 Å². The first-order valence-corrected chi connectivity index (χ1v) is 8.53. The SMILES string of the molecule is N#Cc1ccc(CN2CCC(NC(=O)c3ccc(Cl)nn3)CC2)cc1. The number of likely N-dealkylation sites (tertiary alicyclic amines) is 1. The summed E-state index contributed by atoms with van der Waals surface area (Å²) in [6, 6.07) is 13.1. The quantitative estimate of drug-likeness (QED) is 0.910. The van der Waals surface area contributed by atoms with Crippen LogP contribution >= 0.6 is 11.6 Å². The third kappa shape index (κ3) is 4.75. The lowest BCUT2D eigenvalue weighted by atomic mass is 10.0. The van der Waals surface area contributed by atoms with E-state index < -0.39 is 0 Å². The topological polar surface area (TPSA) is 81.9 Å². The maximum Gasteiger partial charge on any atom is 0.272 e. The van der Waals surface area contributed by atoms with Gasteiger partial charge in [0.15, 0.2) is 10.8 Å². The molecule has 0 unspecified atom stereocenters. The van der Waals surface area contributed by atoms with Crippen LogP contribution in [0.4, 0.5) is 0 Å². The van der Waals surface area contributed by atoms with Crippen LogP contribution in [0.2, 0.25) is 5.15 Å². The number of benzene rings is 1. The lowest BCUT2D eigenvalue weighted by Gasteiger charge is -2.32. The summed E-state index contributed by atoms with van der Waals surface area (Å²) in [7, 11) is 0. The van der Waals surface area contributed by atoms with Crippen LogP contribution in [0, 0.1) is 11.3 Å². The van der Waals surface area contributed by atoms with E-state index in [0.29, 0.717) is 5.56 Å². The lowest BCUT2D eigenvalue weighted by Crippen LogP contribution is -2.44. The van der Waals surface area contributed by atoms with Crippen molar-refractivity contribution >= 4 is 17.5 Å². The second-order valence-corrected chi connectivity index (χ2v) is 6.46. The van der Waals surface area contributed by atoms with E-state index in [4.69, 9.17) is 16.9 Å². The molecule has 7 heteroatoms. The lowest BCUT2D eigenvalue weighted by molar-refractivity contribution is 0.0903. The Hall–Kier alpha value is -2.49. The van der Waals surface area contributed by atoms with E-state index in [9.17, 15) is 4.79 Å². The molecule has 1 aliphatic rings. The number of nitrogens with one attached hydrogen (secondary N) is 1. The van der Waals surface area contributed by atoms with Gasteiger partial charge in [-0.2, -0.15) is 5.26 Å². The molecule has 25 heavy (non-hydrogen) atoms. The van der Waals surface area contributed by atoms with Crippen LogP contribution in [-0.2, 0) is 6.54 Å². The number of nitrogens with zero attached hydrogens (tertiary/aromatic N) is 4. The molecule has 1 aromatic carbocycles. The maximum absolute atomic E-state index is 12.2. The fourth-order valence-electron chi connectivity index (χ4n) is 2.87. The Bertz CT molecular complexity index is 762. The standard InChI is InChI=1S/C18H18ClN5O/c19-17-6-5-16(22-23-17)18(25)21-15-7-9-24(10-8-15)12-14-3-1-13(11-20)2-4-14/h1-6,15H,7-10,12H2,(H,21,25). The van der Waals surface area contributed by atoms with Crippen LogP contribution in [-0.4, -0.2) is 40.1 Å². The fraction of sp³-hybridized carbons (Fsp3) is 0.333. The minimum atomic E-state index is -0.213. The fourth-order valence-corrected chi connectivity index (χ4v) is 2.98. The Morgan fingerprint density at radius 3 is 2.52 bits per heavy atom. The average Bonchev–Trinajstić information content (AvgIpc) is 2.64. The summed E-state index contributed by atoms with van der Waals surface area (Å²) in [4.78, 5) is 14.5. The van der Waals surface area contributed by atoms with E-state index in [1.54, 1.807) is 12.1 Å². The second kappa shape index (κ2) is 8.06. The molecule has 0 spiro atoms. The van der Waals surface area contributed by atoms with Crippen molar-refractivity contribution in [3.63, 3.8) is 0 Å². The first-order chi connectivity index (χ1) is 12.1. The van der Waals surface area contributed by atoms with Crippen LogP contribution in [0.1, 0.15) is 34.5 Å². The molecule has 0 aliphatic carbocycles. The number of hydrogen-bond acceptors (Lipinski definition) is 5. The van der Waals surface area contributed by atoms with Gasteiger partial charge in [-0.15, -0.1) is 10.2 Å². The highest BCUT2D eigenvalue weighted by atomic mass is 35.5. The summed E-state index contributed by atoms with van der Waals surface area (Å²) in [5.41, 5.74) is 2.15. The molecule has 0 bridgehead atoms. The Morgan fingerprint density at radius 1 is 1.20 bits per heavy atom. The Morgan fingerprint density at radius 2 is 1.92 bits per heavy atom. The average molecular weight is 356 g/mol. The maximum atomic E-state index is 12.2. The van der Waals surface area contributed by atoms with Crippen molar-refractivity contribution in [2.24, 2.45) is 0 Å². The normalized spacial score (nSPS) is 15.5. The van der Waals surface area contributed by atoms with E-state index in [2.05, 4.69) is 26.5 Å². The third-order valence-corrected chi connectivity index (χ3v) is 4.48. The van der Waals surface area contributed by atoms with Crippen molar-refractivity contribution in [1.29, 1.82) is 5.26 Å². The molecule has 0 radical (unpaired) electrons. The molecule has 1 fully saturated rings. The molecule has 1 saturated heterocycles. The van der Waals surface area contributed by atoms with Gasteiger partial charge in [-0.3, -0.25) is 9.69 Å². The van der Waals surface area contributed by atoms with Crippen molar-refractivity contribution in [2.45, 2.75) is 25.4 Å². The number of amides is 1. The van der Waals surface area contributed by atoms with Gasteiger partial charge in [-0.1, -0.05) is 23.7 Å². The second-order valence-electron chi connectivity index (χ2n) is 6.07. The number of carbonyl (C=O) groups excluding carboxylic acids is 1. The van der Waals surface area contributed by atoms with E-state index >= 15 is 0 Å². The first-order valence-electron chi connectivity index (χ1n) is 8.15.